The van der Waals surface area contributed by atoms with Gasteiger partial charge >= 0.3 is 0 Å². The zero-order valence-electron chi connectivity index (χ0n) is 10.5. The molecule has 1 aliphatic rings. The average Bonchev–Trinajstić information content (AvgIpc) is 2.65. The highest BCUT2D eigenvalue weighted by Crippen LogP contribution is 2.31. The normalized spacial score (nSPS) is 18.0. The molecule has 1 aliphatic heterocycles. The molecule has 0 saturated carbocycles. The van der Waals surface area contributed by atoms with Gasteiger partial charge in [-0.3, -0.25) is 4.79 Å². The lowest BCUT2D eigenvalue weighted by Gasteiger charge is -2.11. The minimum atomic E-state index is -0.164. The number of benzene rings is 1. The highest BCUT2D eigenvalue weighted by molar-refractivity contribution is 6.02. The molecule has 3 heteroatoms. The molecule has 0 radical (unpaired) electrons. The van der Waals surface area contributed by atoms with Crippen LogP contribution in [0.5, 0.6) is 0 Å². The monoisotopic (exact) mass is 232 g/mol. The van der Waals surface area contributed by atoms with E-state index < -0.39 is 0 Å². The molecule has 1 amide bonds. The number of hydrogen-bond donors (Lipinski definition) is 2. The van der Waals surface area contributed by atoms with Crippen LogP contribution in [-0.4, -0.2) is 12.5 Å². The van der Waals surface area contributed by atoms with E-state index in [1.165, 1.54) is 5.56 Å². The summed E-state index contributed by atoms with van der Waals surface area (Å²) in [5.74, 6) is 0.0735. The van der Waals surface area contributed by atoms with Crippen molar-refractivity contribution in [1.82, 2.24) is 5.32 Å². The third kappa shape index (κ3) is 2.50. The van der Waals surface area contributed by atoms with Gasteiger partial charge in [0.15, 0.2) is 0 Å². The highest BCUT2D eigenvalue weighted by atomic mass is 16.2. The standard InChI is InChI=1S/C14H20N2O/c1-3-5-8-15-13-11-9-10(4-2)6-7-12(11)16-14(13)17/h6-7,9,13,15H,3-5,8H2,1-2H3,(H,16,17). The molecule has 2 rings (SSSR count). The summed E-state index contributed by atoms with van der Waals surface area (Å²) in [6, 6.07) is 6.06. The van der Waals surface area contributed by atoms with Crippen molar-refractivity contribution in [2.75, 3.05) is 11.9 Å². The number of amides is 1. The number of anilines is 1. The molecule has 0 fully saturated rings. The molecule has 3 nitrogen and oxygen atoms in total. The largest absolute Gasteiger partial charge is 0.324 e. The van der Waals surface area contributed by atoms with Crippen LogP contribution in [0.4, 0.5) is 5.69 Å². The summed E-state index contributed by atoms with van der Waals surface area (Å²) in [4.78, 5) is 11.9. The van der Waals surface area contributed by atoms with Crippen LogP contribution in [-0.2, 0) is 11.2 Å². The molecule has 0 aromatic heterocycles. The number of rotatable bonds is 5. The van der Waals surface area contributed by atoms with E-state index in [0.717, 1.165) is 37.1 Å². The predicted molar refractivity (Wildman–Crippen MR) is 70.1 cm³/mol. The van der Waals surface area contributed by atoms with Crippen LogP contribution < -0.4 is 10.6 Å². The van der Waals surface area contributed by atoms with Gasteiger partial charge in [-0.2, -0.15) is 0 Å². The van der Waals surface area contributed by atoms with E-state index in [9.17, 15) is 4.79 Å². The minimum Gasteiger partial charge on any atom is -0.324 e. The maximum absolute atomic E-state index is 11.9. The third-order valence-electron chi connectivity index (χ3n) is 3.23. The Hall–Kier alpha value is -1.35. The van der Waals surface area contributed by atoms with E-state index in [0.29, 0.717) is 0 Å². The Kier molecular flexibility index (Phi) is 3.79. The Balaban J connectivity index is 2.16. The fraction of sp³-hybridized carbons (Fsp3) is 0.500. The molecule has 2 N–H and O–H groups in total. The van der Waals surface area contributed by atoms with Crippen LogP contribution >= 0.6 is 0 Å². The van der Waals surface area contributed by atoms with E-state index in [-0.39, 0.29) is 11.9 Å². The number of hydrogen-bond acceptors (Lipinski definition) is 2. The first-order valence-corrected chi connectivity index (χ1v) is 6.43. The molecule has 0 bridgehead atoms. The maximum atomic E-state index is 11.9. The first-order valence-electron chi connectivity index (χ1n) is 6.43. The summed E-state index contributed by atoms with van der Waals surface area (Å²) in [6.45, 7) is 5.18. The van der Waals surface area contributed by atoms with Gasteiger partial charge in [0.2, 0.25) is 5.91 Å². The second-order valence-corrected chi connectivity index (χ2v) is 4.51. The molecule has 92 valence electrons. The second-order valence-electron chi connectivity index (χ2n) is 4.51. The summed E-state index contributed by atoms with van der Waals surface area (Å²) < 4.78 is 0. The first kappa shape index (κ1) is 12.1. The summed E-state index contributed by atoms with van der Waals surface area (Å²) in [5, 5.41) is 6.25. The molecule has 0 aliphatic carbocycles. The summed E-state index contributed by atoms with van der Waals surface area (Å²) in [6.07, 6.45) is 3.25. The van der Waals surface area contributed by atoms with Crippen molar-refractivity contribution in [3.05, 3.63) is 29.3 Å². The van der Waals surface area contributed by atoms with Gasteiger partial charge < -0.3 is 10.6 Å². The molecule has 0 spiro atoms. The molecule has 1 atom stereocenters. The van der Waals surface area contributed by atoms with Gasteiger partial charge in [0, 0.05) is 11.3 Å². The van der Waals surface area contributed by atoms with E-state index in [4.69, 9.17) is 0 Å². The molecule has 1 aromatic rings. The Bertz CT molecular complexity index is 415. The molecule has 17 heavy (non-hydrogen) atoms. The molecular weight excluding hydrogens is 212 g/mol. The average molecular weight is 232 g/mol. The van der Waals surface area contributed by atoms with Crippen molar-refractivity contribution in [3.63, 3.8) is 0 Å². The van der Waals surface area contributed by atoms with E-state index in [1.807, 2.05) is 6.07 Å². The minimum absolute atomic E-state index is 0.0735. The van der Waals surface area contributed by atoms with Gasteiger partial charge in [0.1, 0.15) is 6.04 Å². The predicted octanol–water partition coefficient (Wildman–Crippen LogP) is 2.63. The van der Waals surface area contributed by atoms with Crippen molar-refractivity contribution < 1.29 is 4.79 Å². The Morgan fingerprint density at radius 3 is 2.88 bits per heavy atom. The van der Waals surface area contributed by atoms with Crippen LogP contribution in [0.25, 0.3) is 0 Å². The van der Waals surface area contributed by atoms with Gasteiger partial charge in [-0.1, -0.05) is 32.4 Å². The third-order valence-corrected chi connectivity index (χ3v) is 3.23. The molecule has 1 heterocycles. The van der Waals surface area contributed by atoms with Crippen molar-refractivity contribution in [2.45, 2.75) is 39.2 Å². The summed E-state index contributed by atoms with van der Waals surface area (Å²) in [7, 11) is 0. The lowest BCUT2D eigenvalue weighted by Crippen LogP contribution is -2.28. The van der Waals surface area contributed by atoms with Gasteiger partial charge in [-0.05, 0) is 31.0 Å². The quantitative estimate of drug-likeness (QED) is 0.766. The fourth-order valence-corrected chi connectivity index (χ4v) is 2.16. The second kappa shape index (κ2) is 5.32. The number of carbonyl (C=O) groups is 1. The maximum Gasteiger partial charge on any atom is 0.246 e. The van der Waals surface area contributed by atoms with Crippen LogP contribution in [0.15, 0.2) is 18.2 Å². The fourth-order valence-electron chi connectivity index (χ4n) is 2.16. The van der Waals surface area contributed by atoms with Crippen LogP contribution in [0.2, 0.25) is 0 Å². The molecule has 0 saturated heterocycles. The summed E-state index contributed by atoms with van der Waals surface area (Å²) >= 11 is 0. The number of nitrogens with one attached hydrogen (secondary N) is 2. The SMILES string of the molecule is CCCCNC1C(=O)Nc2ccc(CC)cc21. The zero-order valence-corrected chi connectivity index (χ0v) is 10.5. The molecule has 1 aromatic carbocycles. The van der Waals surface area contributed by atoms with Crippen LogP contribution in [0, 0.1) is 0 Å². The van der Waals surface area contributed by atoms with Gasteiger partial charge in [-0.15, -0.1) is 0 Å². The molecule has 1 unspecified atom stereocenters. The van der Waals surface area contributed by atoms with Crippen molar-refractivity contribution >= 4 is 11.6 Å². The number of carbonyl (C=O) groups excluding carboxylic acids is 1. The Labute approximate surface area is 103 Å². The topological polar surface area (TPSA) is 41.1 Å². The molecular formula is C14H20N2O. The Morgan fingerprint density at radius 1 is 1.35 bits per heavy atom. The number of unbranched alkanes of at least 4 members (excludes halogenated alkanes) is 1. The Morgan fingerprint density at radius 2 is 2.18 bits per heavy atom. The smallest absolute Gasteiger partial charge is 0.246 e. The zero-order chi connectivity index (χ0) is 12.3. The lowest BCUT2D eigenvalue weighted by atomic mass is 10.0. The van der Waals surface area contributed by atoms with E-state index in [2.05, 4.69) is 36.6 Å². The first-order chi connectivity index (χ1) is 8.26. The lowest BCUT2D eigenvalue weighted by molar-refractivity contribution is -0.117. The number of fused-ring (bicyclic) bond motifs is 1. The summed E-state index contributed by atoms with van der Waals surface area (Å²) in [5.41, 5.74) is 3.34. The van der Waals surface area contributed by atoms with Crippen molar-refractivity contribution in [2.24, 2.45) is 0 Å². The van der Waals surface area contributed by atoms with Crippen molar-refractivity contribution in [3.8, 4) is 0 Å². The van der Waals surface area contributed by atoms with Crippen LogP contribution in [0.1, 0.15) is 43.9 Å². The van der Waals surface area contributed by atoms with Crippen molar-refractivity contribution in [1.29, 1.82) is 0 Å². The van der Waals surface area contributed by atoms with E-state index >= 15 is 0 Å². The number of aryl methyl sites for hydroxylation is 1. The van der Waals surface area contributed by atoms with Crippen LogP contribution in [0.3, 0.4) is 0 Å². The van der Waals surface area contributed by atoms with E-state index in [1.54, 1.807) is 0 Å². The van der Waals surface area contributed by atoms with Gasteiger partial charge in [0.25, 0.3) is 0 Å². The van der Waals surface area contributed by atoms with Gasteiger partial charge in [0.05, 0.1) is 0 Å². The van der Waals surface area contributed by atoms with Gasteiger partial charge in [-0.25, -0.2) is 0 Å². The highest BCUT2D eigenvalue weighted by Gasteiger charge is 2.29.